The van der Waals surface area contributed by atoms with Crippen LogP contribution in [-0.2, 0) is 4.74 Å². The molecule has 122 valence electrons. The second-order valence-electron chi connectivity index (χ2n) is 7.44. The highest BCUT2D eigenvalue weighted by molar-refractivity contribution is 5.95. The highest BCUT2D eigenvalue weighted by atomic mass is 16.5. The van der Waals surface area contributed by atoms with Gasteiger partial charge in [0, 0.05) is 19.7 Å². The van der Waals surface area contributed by atoms with Crippen molar-refractivity contribution in [2.24, 2.45) is 11.3 Å². The Morgan fingerprint density at radius 2 is 2.09 bits per heavy atom. The second kappa shape index (κ2) is 6.07. The Labute approximate surface area is 132 Å². The van der Waals surface area contributed by atoms with Crippen molar-refractivity contribution in [2.45, 2.75) is 52.6 Å². The first-order valence-corrected chi connectivity index (χ1v) is 8.44. The summed E-state index contributed by atoms with van der Waals surface area (Å²) in [6, 6.07) is 1.78. The molecule has 0 aromatic carbocycles. The molecule has 2 fully saturated rings. The van der Waals surface area contributed by atoms with Crippen LogP contribution in [0.4, 0.5) is 0 Å². The molecule has 1 aromatic rings. The van der Waals surface area contributed by atoms with Gasteiger partial charge in [-0.1, -0.05) is 13.8 Å². The highest BCUT2D eigenvalue weighted by Gasteiger charge is 2.47. The molecule has 0 unspecified atom stereocenters. The lowest BCUT2D eigenvalue weighted by molar-refractivity contribution is -0.107. The fourth-order valence-electron chi connectivity index (χ4n) is 3.72. The number of furan rings is 1. The number of carbonyl (C=O) groups is 1. The summed E-state index contributed by atoms with van der Waals surface area (Å²) in [6.07, 6.45) is 6.60. The van der Waals surface area contributed by atoms with Crippen molar-refractivity contribution < 1.29 is 13.9 Å². The second-order valence-corrected chi connectivity index (χ2v) is 7.44. The number of aryl methyl sites for hydroxylation is 1. The van der Waals surface area contributed by atoms with Gasteiger partial charge in [-0.25, -0.2) is 0 Å². The number of nitrogens with zero attached hydrogens (tertiary/aromatic N) is 1. The van der Waals surface area contributed by atoms with Crippen LogP contribution in [0.1, 0.15) is 55.6 Å². The molecule has 0 bridgehead atoms. The first-order chi connectivity index (χ1) is 10.5. The van der Waals surface area contributed by atoms with E-state index >= 15 is 0 Å². The lowest BCUT2D eigenvalue weighted by atomic mass is 9.61. The minimum atomic E-state index is 0.119. The van der Waals surface area contributed by atoms with Gasteiger partial charge in [-0.3, -0.25) is 4.79 Å². The van der Waals surface area contributed by atoms with Crippen LogP contribution in [-0.4, -0.2) is 36.6 Å². The minimum absolute atomic E-state index is 0.119. The number of hydrogen-bond donors (Lipinski definition) is 0. The summed E-state index contributed by atoms with van der Waals surface area (Å²) in [5.41, 5.74) is 1.15. The maximum Gasteiger partial charge on any atom is 0.257 e. The molecule has 0 N–H and O–H groups in total. The summed E-state index contributed by atoms with van der Waals surface area (Å²) >= 11 is 0. The molecular weight excluding hydrogens is 278 g/mol. The van der Waals surface area contributed by atoms with Crippen LogP contribution in [0.25, 0.3) is 0 Å². The molecule has 1 aliphatic carbocycles. The average Bonchev–Trinajstić information content (AvgIpc) is 2.88. The van der Waals surface area contributed by atoms with Crippen LogP contribution in [0.5, 0.6) is 0 Å². The quantitative estimate of drug-likeness (QED) is 0.853. The third kappa shape index (κ3) is 3.07. The molecule has 1 aromatic heterocycles. The molecular formula is C18H27NO3. The summed E-state index contributed by atoms with van der Waals surface area (Å²) < 4.78 is 11.2. The van der Waals surface area contributed by atoms with Crippen molar-refractivity contribution in [3.8, 4) is 0 Å². The summed E-state index contributed by atoms with van der Waals surface area (Å²) in [4.78, 5) is 14.5. The van der Waals surface area contributed by atoms with Crippen LogP contribution >= 0.6 is 0 Å². The number of ether oxygens (including phenoxy) is 1. The summed E-state index contributed by atoms with van der Waals surface area (Å²) in [7, 11) is 0. The van der Waals surface area contributed by atoms with Gasteiger partial charge in [0.2, 0.25) is 0 Å². The normalized spacial score (nSPS) is 21.4. The zero-order chi connectivity index (χ0) is 15.7. The monoisotopic (exact) mass is 305 g/mol. The van der Waals surface area contributed by atoms with Crippen molar-refractivity contribution in [1.82, 2.24) is 4.90 Å². The Hall–Kier alpha value is -1.29. The molecule has 1 amide bonds. The SMILES string of the molecule is Cc1occc1C(=O)N1CCC2(CC1)CC(OCC(C)C)C2. The molecule has 1 aliphatic heterocycles. The zero-order valence-electron chi connectivity index (χ0n) is 13.9. The molecule has 1 spiro atoms. The first-order valence-electron chi connectivity index (χ1n) is 8.44. The lowest BCUT2D eigenvalue weighted by Crippen LogP contribution is -2.51. The number of hydrogen-bond acceptors (Lipinski definition) is 3. The first kappa shape index (κ1) is 15.6. The van der Waals surface area contributed by atoms with Crippen molar-refractivity contribution in [3.05, 3.63) is 23.7 Å². The van der Waals surface area contributed by atoms with E-state index in [-0.39, 0.29) is 5.91 Å². The molecule has 22 heavy (non-hydrogen) atoms. The largest absolute Gasteiger partial charge is 0.469 e. The Kier molecular flexibility index (Phi) is 4.31. The van der Waals surface area contributed by atoms with Gasteiger partial charge in [0.25, 0.3) is 5.91 Å². The van der Waals surface area contributed by atoms with Gasteiger partial charge < -0.3 is 14.1 Å². The summed E-state index contributed by atoms with van der Waals surface area (Å²) in [5, 5.41) is 0. The molecule has 3 rings (SSSR count). The van der Waals surface area contributed by atoms with Crippen molar-refractivity contribution in [3.63, 3.8) is 0 Å². The van der Waals surface area contributed by atoms with E-state index in [1.807, 2.05) is 11.8 Å². The van der Waals surface area contributed by atoms with Crippen molar-refractivity contribution in [2.75, 3.05) is 19.7 Å². The van der Waals surface area contributed by atoms with E-state index in [0.717, 1.165) is 38.3 Å². The zero-order valence-corrected chi connectivity index (χ0v) is 13.9. The molecule has 4 nitrogen and oxygen atoms in total. The number of piperidine rings is 1. The van der Waals surface area contributed by atoms with E-state index in [4.69, 9.17) is 9.15 Å². The Morgan fingerprint density at radius 3 is 2.64 bits per heavy atom. The Balaban J connectivity index is 1.48. The number of carbonyl (C=O) groups excluding carboxylic acids is 1. The van der Waals surface area contributed by atoms with E-state index in [1.165, 1.54) is 12.8 Å². The standard InChI is InChI=1S/C18H27NO3/c1-13(2)12-22-15-10-18(11-15)5-7-19(8-6-18)17(20)16-4-9-21-14(16)3/h4,9,13,15H,5-8,10-12H2,1-3H3. The molecule has 1 saturated heterocycles. The van der Waals surface area contributed by atoms with Gasteiger partial charge in [0.1, 0.15) is 5.76 Å². The van der Waals surface area contributed by atoms with E-state index in [2.05, 4.69) is 13.8 Å². The van der Waals surface area contributed by atoms with Crippen molar-refractivity contribution in [1.29, 1.82) is 0 Å². The van der Waals surface area contributed by atoms with Crippen LogP contribution < -0.4 is 0 Å². The lowest BCUT2D eigenvalue weighted by Gasteiger charge is -2.52. The van der Waals surface area contributed by atoms with Gasteiger partial charge in [-0.05, 0) is 50.0 Å². The summed E-state index contributed by atoms with van der Waals surface area (Å²) in [6.45, 7) is 8.82. The van der Waals surface area contributed by atoms with Crippen molar-refractivity contribution >= 4 is 5.91 Å². The fourth-order valence-corrected chi connectivity index (χ4v) is 3.72. The van der Waals surface area contributed by atoms with Crippen LogP contribution in [0.2, 0.25) is 0 Å². The van der Waals surface area contributed by atoms with Gasteiger partial charge in [0.15, 0.2) is 0 Å². The molecule has 1 saturated carbocycles. The molecule has 2 heterocycles. The third-order valence-electron chi connectivity index (χ3n) is 5.19. The molecule has 4 heteroatoms. The van der Waals surface area contributed by atoms with E-state index in [0.29, 0.717) is 23.0 Å². The predicted molar refractivity (Wildman–Crippen MR) is 84.8 cm³/mol. The molecule has 0 radical (unpaired) electrons. The number of likely N-dealkylation sites (tertiary alicyclic amines) is 1. The average molecular weight is 305 g/mol. The maximum absolute atomic E-state index is 12.5. The van der Waals surface area contributed by atoms with Gasteiger partial charge >= 0.3 is 0 Å². The molecule has 2 aliphatic rings. The Morgan fingerprint density at radius 1 is 1.41 bits per heavy atom. The maximum atomic E-state index is 12.5. The van der Waals surface area contributed by atoms with Gasteiger partial charge in [-0.2, -0.15) is 0 Å². The third-order valence-corrected chi connectivity index (χ3v) is 5.19. The van der Waals surface area contributed by atoms with Crippen LogP contribution in [0.3, 0.4) is 0 Å². The summed E-state index contributed by atoms with van der Waals surface area (Å²) in [5.74, 6) is 1.44. The predicted octanol–water partition coefficient (Wildman–Crippen LogP) is 3.65. The van der Waals surface area contributed by atoms with Gasteiger partial charge in [-0.15, -0.1) is 0 Å². The topological polar surface area (TPSA) is 42.7 Å². The minimum Gasteiger partial charge on any atom is -0.469 e. The van der Waals surface area contributed by atoms with Crippen LogP contribution in [0, 0.1) is 18.3 Å². The highest BCUT2D eigenvalue weighted by Crippen LogP contribution is 2.50. The van der Waals surface area contributed by atoms with E-state index in [1.54, 1.807) is 12.3 Å². The number of amides is 1. The van der Waals surface area contributed by atoms with E-state index in [9.17, 15) is 4.79 Å². The molecule has 0 atom stereocenters. The fraction of sp³-hybridized carbons (Fsp3) is 0.722. The van der Waals surface area contributed by atoms with Gasteiger partial charge in [0.05, 0.1) is 17.9 Å². The van der Waals surface area contributed by atoms with E-state index < -0.39 is 0 Å². The van der Waals surface area contributed by atoms with Crippen LogP contribution in [0.15, 0.2) is 16.7 Å². The number of rotatable bonds is 4. The smallest absolute Gasteiger partial charge is 0.257 e. The Bertz CT molecular complexity index is 518.